The Morgan fingerprint density at radius 2 is 2.29 bits per heavy atom. The van der Waals surface area contributed by atoms with E-state index < -0.39 is 0 Å². The van der Waals surface area contributed by atoms with Crippen molar-refractivity contribution in [2.75, 3.05) is 31.6 Å². The van der Waals surface area contributed by atoms with Crippen molar-refractivity contribution in [1.29, 1.82) is 0 Å². The van der Waals surface area contributed by atoms with Crippen LogP contribution in [0.15, 0.2) is 29.8 Å². The molecule has 5 nitrogen and oxygen atoms in total. The van der Waals surface area contributed by atoms with E-state index in [4.69, 9.17) is 4.74 Å². The van der Waals surface area contributed by atoms with Crippen LogP contribution in [0.5, 0.6) is 5.75 Å². The van der Waals surface area contributed by atoms with Gasteiger partial charge < -0.3 is 14.5 Å². The summed E-state index contributed by atoms with van der Waals surface area (Å²) in [6, 6.07) is 5.94. The van der Waals surface area contributed by atoms with Gasteiger partial charge >= 0.3 is 0 Å². The third-order valence-corrected chi connectivity index (χ3v) is 5.95. The van der Waals surface area contributed by atoms with Crippen LogP contribution in [0.4, 0.5) is 5.82 Å². The van der Waals surface area contributed by atoms with Crippen LogP contribution >= 0.6 is 11.3 Å². The molecule has 2 aromatic rings. The van der Waals surface area contributed by atoms with E-state index in [1.54, 1.807) is 24.6 Å². The number of carbonyl (C=O) groups excluding carboxylic acids is 1. The molecule has 0 spiro atoms. The van der Waals surface area contributed by atoms with Gasteiger partial charge in [0.25, 0.3) is 0 Å². The van der Waals surface area contributed by atoms with E-state index >= 15 is 0 Å². The van der Waals surface area contributed by atoms with Gasteiger partial charge in [-0.2, -0.15) is 0 Å². The Labute approximate surface area is 145 Å². The number of ether oxygens (including phenoxy) is 1. The molecule has 1 unspecified atom stereocenters. The molecule has 4 heterocycles. The average Bonchev–Trinajstić information content (AvgIpc) is 3.29. The fourth-order valence-electron chi connectivity index (χ4n) is 3.63. The molecule has 2 aliphatic heterocycles. The molecule has 1 fully saturated rings. The molecule has 2 aromatic heterocycles. The van der Waals surface area contributed by atoms with E-state index in [9.17, 15) is 4.79 Å². The van der Waals surface area contributed by atoms with Gasteiger partial charge in [0, 0.05) is 37.3 Å². The van der Waals surface area contributed by atoms with E-state index in [1.807, 2.05) is 17.0 Å². The van der Waals surface area contributed by atoms with Gasteiger partial charge in [0.1, 0.15) is 0 Å². The minimum absolute atomic E-state index is 0.0527. The molecule has 1 amide bonds. The standard InChI is InChI=1S/C18H21N3O2S/c1-23-15-3-2-7-19-17(15)20-8-4-14(12-20)18(22)21-9-5-16-13(11-21)6-10-24-16/h2-3,6-7,10,14H,4-5,8-9,11-12H2,1H3. The Bertz CT molecular complexity index is 745. The molecule has 2 aliphatic rings. The number of amides is 1. The number of hydrogen-bond donors (Lipinski definition) is 0. The highest BCUT2D eigenvalue weighted by atomic mass is 32.1. The molecule has 0 saturated carbocycles. The Morgan fingerprint density at radius 1 is 1.38 bits per heavy atom. The van der Waals surface area contributed by atoms with Gasteiger partial charge in [-0.05, 0) is 42.0 Å². The van der Waals surface area contributed by atoms with Crippen molar-refractivity contribution in [2.45, 2.75) is 19.4 Å². The summed E-state index contributed by atoms with van der Waals surface area (Å²) in [6.45, 7) is 3.18. The number of aromatic nitrogens is 1. The second kappa shape index (κ2) is 6.43. The highest BCUT2D eigenvalue weighted by Gasteiger charge is 2.34. The maximum absolute atomic E-state index is 12.9. The molecule has 0 aliphatic carbocycles. The van der Waals surface area contributed by atoms with Gasteiger partial charge in [0.15, 0.2) is 11.6 Å². The van der Waals surface area contributed by atoms with Crippen molar-refractivity contribution in [3.05, 3.63) is 40.2 Å². The SMILES string of the molecule is COc1cccnc1N1CCC(C(=O)N2CCc3sccc3C2)C1. The zero-order valence-corrected chi connectivity index (χ0v) is 14.6. The number of methoxy groups -OCH3 is 1. The monoisotopic (exact) mass is 343 g/mol. The van der Waals surface area contributed by atoms with Gasteiger partial charge in [-0.25, -0.2) is 4.98 Å². The number of fused-ring (bicyclic) bond motifs is 1. The van der Waals surface area contributed by atoms with Crippen molar-refractivity contribution in [2.24, 2.45) is 5.92 Å². The summed E-state index contributed by atoms with van der Waals surface area (Å²) in [4.78, 5) is 23.0. The van der Waals surface area contributed by atoms with E-state index in [0.717, 1.165) is 50.6 Å². The quantitative estimate of drug-likeness (QED) is 0.859. The van der Waals surface area contributed by atoms with E-state index in [0.29, 0.717) is 0 Å². The maximum atomic E-state index is 12.9. The smallest absolute Gasteiger partial charge is 0.227 e. The first-order chi connectivity index (χ1) is 11.8. The van der Waals surface area contributed by atoms with Crippen LogP contribution in [0.25, 0.3) is 0 Å². The number of carbonyl (C=O) groups is 1. The molecular formula is C18H21N3O2S. The predicted octanol–water partition coefficient (Wildman–Crippen LogP) is 2.56. The topological polar surface area (TPSA) is 45.7 Å². The Hall–Kier alpha value is -2.08. The molecule has 0 N–H and O–H groups in total. The number of pyridine rings is 1. The summed E-state index contributed by atoms with van der Waals surface area (Å²) in [6.07, 6.45) is 3.64. The first-order valence-electron chi connectivity index (χ1n) is 8.34. The lowest BCUT2D eigenvalue weighted by molar-refractivity contribution is -0.135. The largest absolute Gasteiger partial charge is 0.493 e. The van der Waals surface area contributed by atoms with Crippen molar-refractivity contribution in [3.8, 4) is 5.75 Å². The van der Waals surface area contributed by atoms with Crippen molar-refractivity contribution >= 4 is 23.1 Å². The molecular weight excluding hydrogens is 322 g/mol. The predicted molar refractivity (Wildman–Crippen MR) is 94.5 cm³/mol. The highest BCUT2D eigenvalue weighted by molar-refractivity contribution is 7.10. The van der Waals surface area contributed by atoms with Crippen LogP contribution in [0.1, 0.15) is 16.9 Å². The maximum Gasteiger partial charge on any atom is 0.227 e. The molecule has 1 atom stereocenters. The number of thiophene rings is 1. The molecule has 1 saturated heterocycles. The molecule has 24 heavy (non-hydrogen) atoms. The van der Waals surface area contributed by atoms with Gasteiger partial charge in [0.05, 0.1) is 13.0 Å². The second-order valence-corrected chi connectivity index (χ2v) is 7.34. The fourth-order valence-corrected chi connectivity index (χ4v) is 4.52. The Balaban J connectivity index is 1.44. The lowest BCUT2D eigenvalue weighted by Gasteiger charge is -2.29. The fraction of sp³-hybridized carbons (Fsp3) is 0.444. The highest BCUT2D eigenvalue weighted by Crippen LogP contribution is 2.31. The number of rotatable bonds is 3. The van der Waals surface area contributed by atoms with Gasteiger partial charge in [-0.3, -0.25) is 4.79 Å². The van der Waals surface area contributed by atoms with E-state index in [-0.39, 0.29) is 11.8 Å². The van der Waals surface area contributed by atoms with Crippen LogP contribution < -0.4 is 9.64 Å². The zero-order valence-electron chi connectivity index (χ0n) is 13.8. The Kier molecular flexibility index (Phi) is 4.14. The summed E-state index contributed by atoms with van der Waals surface area (Å²) in [7, 11) is 1.66. The first kappa shape index (κ1) is 15.4. The number of anilines is 1. The molecule has 4 rings (SSSR count). The summed E-state index contributed by atoms with van der Waals surface area (Å²) < 4.78 is 5.40. The third kappa shape index (κ3) is 2.75. The molecule has 6 heteroatoms. The van der Waals surface area contributed by atoms with Crippen LogP contribution in [-0.4, -0.2) is 42.5 Å². The minimum atomic E-state index is 0.0527. The summed E-state index contributed by atoms with van der Waals surface area (Å²) >= 11 is 1.80. The lowest BCUT2D eigenvalue weighted by atomic mass is 10.0. The van der Waals surface area contributed by atoms with Crippen LogP contribution in [0, 0.1) is 5.92 Å². The lowest BCUT2D eigenvalue weighted by Crippen LogP contribution is -2.40. The summed E-state index contributed by atoms with van der Waals surface area (Å²) in [5.74, 6) is 1.95. The summed E-state index contributed by atoms with van der Waals surface area (Å²) in [5, 5.41) is 2.13. The van der Waals surface area contributed by atoms with Crippen molar-refractivity contribution < 1.29 is 9.53 Å². The molecule has 0 bridgehead atoms. The van der Waals surface area contributed by atoms with Crippen molar-refractivity contribution in [3.63, 3.8) is 0 Å². The minimum Gasteiger partial charge on any atom is -0.493 e. The average molecular weight is 343 g/mol. The molecule has 0 aromatic carbocycles. The molecule has 126 valence electrons. The Morgan fingerprint density at radius 3 is 3.17 bits per heavy atom. The first-order valence-corrected chi connectivity index (χ1v) is 9.22. The second-order valence-electron chi connectivity index (χ2n) is 6.34. The number of hydrogen-bond acceptors (Lipinski definition) is 5. The van der Waals surface area contributed by atoms with E-state index in [1.165, 1.54) is 10.4 Å². The molecule has 0 radical (unpaired) electrons. The van der Waals surface area contributed by atoms with Gasteiger partial charge in [-0.15, -0.1) is 11.3 Å². The van der Waals surface area contributed by atoms with Gasteiger partial charge in [-0.1, -0.05) is 0 Å². The summed E-state index contributed by atoms with van der Waals surface area (Å²) in [5.41, 5.74) is 1.32. The zero-order chi connectivity index (χ0) is 16.5. The van der Waals surface area contributed by atoms with Crippen LogP contribution in [0.2, 0.25) is 0 Å². The van der Waals surface area contributed by atoms with Gasteiger partial charge in [0.2, 0.25) is 5.91 Å². The van der Waals surface area contributed by atoms with Crippen molar-refractivity contribution in [1.82, 2.24) is 9.88 Å². The van der Waals surface area contributed by atoms with Crippen LogP contribution in [0.3, 0.4) is 0 Å². The third-order valence-electron chi connectivity index (χ3n) is 4.93. The number of nitrogens with zero attached hydrogens (tertiary/aromatic N) is 3. The normalized spacial score (nSPS) is 20.1. The van der Waals surface area contributed by atoms with Crippen LogP contribution in [-0.2, 0) is 17.8 Å². The van der Waals surface area contributed by atoms with E-state index in [2.05, 4.69) is 21.3 Å².